The predicted octanol–water partition coefficient (Wildman–Crippen LogP) is 2.06. The summed E-state index contributed by atoms with van der Waals surface area (Å²) in [7, 11) is 0. The van der Waals surface area contributed by atoms with Gasteiger partial charge in [0.05, 0.1) is 18.6 Å². The summed E-state index contributed by atoms with van der Waals surface area (Å²) in [6.45, 7) is 0.228. The van der Waals surface area contributed by atoms with Gasteiger partial charge in [-0.3, -0.25) is 9.59 Å². The molecule has 6 heteroatoms. The fourth-order valence-corrected chi connectivity index (χ4v) is 3.33. The van der Waals surface area contributed by atoms with E-state index in [0.717, 1.165) is 23.7 Å². The molecule has 4 rings (SSSR count). The van der Waals surface area contributed by atoms with E-state index in [2.05, 4.69) is 20.3 Å². The Morgan fingerprint density at radius 3 is 2.96 bits per heavy atom. The minimum Gasteiger partial charge on any atom is -0.358 e. The Hall–Kier alpha value is -2.89. The molecule has 122 valence electrons. The van der Waals surface area contributed by atoms with Gasteiger partial charge >= 0.3 is 0 Å². The number of aromatic nitrogens is 3. The SMILES string of the molecule is O=C(NCc1cc(=O)[nH]cn1)c1ccc2[nH]c3c(c2c1)CCCC3. The molecular weight excluding hydrogens is 304 g/mol. The van der Waals surface area contributed by atoms with Crippen molar-refractivity contribution in [2.24, 2.45) is 0 Å². The zero-order valence-corrected chi connectivity index (χ0v) is 13.2. The molecule has 6 nitrogen and oxygen atoms in total. The van der Waals surface area contributed by atoms with Crippen LogP contribution in [0.4, 0.5) is 0 Å². The van der Waals surface area contributed by atoms with Crippen LogP contribution >= 0.6 is 0 Å². The van der Waals surface area contributed by atoms with Crippen molar-refractivity contribution in [1.29, 1.82) is 0 Å². The monoisotopic (exact) mass is 322 g/mol. The number of benzene rings is 1. The quantitative estimate of drug-likeness (QED) is 0.689. The molecule has 0 radical (unpaired) electrons. The Morgan fingerprint density at radius 1 is 1.21 bits per heavy atom. The highest BCUT2D eigenvalue weighted by molar-refractivity contribution is 5.99. The summed E-state index contributed by atoms with van der Waals surface area (Å²) in [5.74, 6) is -0.162. The van der Waals surface area contributed by atoms with Gasteiger partial charge in [0, 0.05) is 28.2 Å². The predicted molar refractivity (Wildman–Crippen MR) is 91.0 cm³/mol. The molecule has 0 saturated heterocycles. The number of amides is 1. The molecule has 3 aromatic rings. The van der Waals surface area contributed by atoms with E-state index in [1.165, 1.54) is 36.5 Å². The number of hydrogen-bond donors (Lipinski definition) is 3. The van der Waals surface area contributed by atoms with Gasteiger partial charge in [-0.1, -0.05) is 0 Å². The molecule has 2 aromatic heterocycles. The summed E-state index contributed by atoms with van der Waals surface area (Å²) < 4.78 is 0. The molecule has 2 heterocycles. The average Bonchev–Trinajstić information content (AvgIpc) is 2.97. The zero-order valence-electron chi connectivity index (χ0n) is 13.2. The highest BCUT2D eigenvalue weighted by Crippen LogP contribution is 2.29. The molecular formula is C18H18N4O2. The lowest BCUT2D eigenvalue weighted by Gasteiger charge is -2.10. The molecule has 0 spiro atoms. The van der Waals surface area contributed by atoms with E-state index in [0.29, 0.717) is 11.3 Å². The molecule has 24 heavy (non-hydrogen) atoms. The summed E-state index contributed by atoms with van der Waals surface area (Å²) in [4.78, 5) is 33.6. The Kier molecular flexibility index (Phi) is 3.65. The number of rotatable bonds is 3. The summed E-state index contributed by atoms with van der Waals surface area (Å²) in [6.07, 6.45) is 5.90. The standard InChI is InChI=1S/C18H18N4O2/c23-17-8-12(20-10-21-17)9-19-18(24)11-5-6-16-14(7-11)13-3-1-2-4-15(13)22-16/h5-8,10,22H,1-4,9H2,(H,19,24)(H,20,21,23). The van der Waals surface area contributed by atoms with Crippen LogP contribution in [0, 0.1) is 0 Å². The summed E-state index contributed by atoms with van der Waals surface area (Å²) in [5, 5.41) is 3.96. The average molecular weight is 322 g/mol. The van der Waals surface area contributed by atoms with Gasteiger partial charge in [-0.25, -0.2) is 4.98 Å². The molecule has 0 aliphatic heterocycles. The largest absolute Gasteiger partial charge is 0.358 e. The third kappa shape index (κ3) is 2.71. The molecule has 0 bridgehead atoms. The number of nitrogens with one attached hydrogen (secondary N) is 3. The van der Waals surface area contributed by atoms with Crippen LogP contribution in [0.25, 0.3) is 10.9 Å². The fourth-order valence-electron chi connectivity index (χ4n) is 3.33. The third-order valence-corrected chi connectivity index (χ3v) is 4.53. The number of aryl methyl sites for hydroxylation is 2. The van der Waals surface area contributed by atoms with Crippen molar-refractivity contribution in [2.75, 3.05) is 0 Å². The van der Waals surface area contributed by atoms with E-state index < -0.39 is 0 Å². The number of aromatic amines is 2. The van der Waals surface area contributed by atoms with Gasteiger partial charge in [0.2, 0.25) is 0 Å². The molecule has 3 N–H and O–H groups in total. The van der Waals surface area contributed by atoms with E-state index in [9.17, 15) is 9.59 Å². The van der Waals surface area contributed by atoms with E-state index in [-0.39, 0.29) is 18.0 Å². The number of carbonyl (C=O) groups excluding carboxylic acids is 1. The van der Waals surface area contributed by atoms with Gasteiger partial charge in [0.25, 0.3) is 11.5 Å². The van der Waals surface area contributed by atoms with Gasteiger partial charge < -0.3 is 15.3 Å². The minimum atomic E-state index is -0.227. The van der Waals surface area contributed by atoms with Gasteiger partial charge in [0.1, 0.15) is 0 Å². The Morgan fingerprint density at radius 2 is 2.08 bits per heavy atom. The number of carbonyl (C=O) groups is 1. The summed E-state index contributed by atoms with van der Waals surface area (Å²) in [5.41, 5.74) is 4.68. The van der Waals surface area contributed by atoms with Crippen molar-refractivity contribution in [2.45, 2.75) is 32.2 Å². The first kappa shape index (κ1) is 14.7. The summed E-state index contributed by atoms with van der Waals surface area (Å²) in [6, 6.07) is 7.13. The van der Waals surface area contributed by atoms with Crippen LogP contribution in [-0.4, -0.2) is 20.9 Å². The molecule has 1 aliphatic carbocycles. The molecule has 0 saturated carbocycles. The number of H-pyrrole nitrogens is 2. The minimum absolute atomic E-state index is 0.162. The maximum absolute atomic E-state index is 12.4. The van der Waals surface area contributed by atoms with E-state index in [4.69, 9.17) is 0 Å². The van der Waals surface area contributed by atoms with Crippen LogP contribution < -0.4 is 10.9 Å². The smallest absolute Gasteiger partial charge is 0.251 e. The van der Waals surface area contributed by atoms with Gasteiger partial charge in [-0.15, -0.1) is 0 Å². The number of fused-ring (bicyclic) bond motifs is 3. The second-order valence-electron chi connectivity index (χ2n) is 6.13. The topological polar surface area (TPSA) is 90.6 Å². The van der Waals surface area contributed by atoms with Gasteiger partial charge in [0.15, 0.2) is 0 Å². The van der Waals surface area contributed by atoms with Crippen molar-refractivity contribution < 1.29 is 4.79 Å². The normalized spacial score (nSPS) is 13.7. The maximum atomic E-state index is 12.4. The van der Waals surface area contributed by atoms with E-state index in [1.807, 2.05) is 18.2 Å². The van der Waals surface area contributed by atoms with Crippen LogP contribution in [0.3, 0.4) is 0 Å². The first-order chi connectivity index (χ1) is 11.7. The number of nitrogens with zero attached hydrogens (tertiary/aromatic N) is 1. The second kappa shape index (κ2) is 5.96. The van der Waals surface area contributed by atoms with Crippen molar-refractivity contribution in [3.63, 3.8) is 0 Å². The van der Waals surface area contributed by atoms with Gasteiger partial charge in [-0.2, -0.15) is 0 Å². The molecule has 1 aromatic carbocycles. The molecule has 0 fully saturated rings. The zero-order chi connectivity index (χ0) is 16.5. The lowest BCUT2D eigenvalue weighted by Crippen LogP contribution is -2.24. The Bertz CT molecular complexity index is 971. The van der Waals surface area contributed by atoms with Crippen LogP contribution in [0.1, 0.15) is 40.2 Å². The maximum Gasteiger partial charge on any atom is 0.251 e. The van der Waals surface area contributed by atoms with Crippen LogP contribution in [0.15, 0.2) is 35.4 Å². The molecule has 1 aliphatic rings. The van der Waals surface area contributed by atoms with Crippen molar-refractivity contribution in [3.05, 3.63) is 63.5 Å². The highest BCUT2D eigenvalue weighted by Gasteiger charge is 2.16. The Labute approximate surface area is 138 Å². The van der Waals surface area contributed by atoms with Crippen LogP contribution in [-0.2, 0) is 19.4 Å². The third-order valence-electron chi connectivity index (χ3n) is 4.53. The highest BCUT2D eigenvalue weighted by atomic mass is 16.1. The van der Waals surface area contributed by atoms with Crippen molar-refractivity contribution >= 4 is 16.8 Å². The lowest BCUT2D eigenvalue weighted by atomic mass is 9.95. The van der Waals surface area contributed by atoms with E-state index >= 15 is 0 Å². The fraction of sp³-hybridized carbons (Fsp3) is 0.278. The molecule has 1 amide bonds. The lowest BCUT2D eigenvalue weighted by molar-refractivity contribution is 0.0950. The second-order valence-corrected chi connectivity index (χ2v) is 6.13. The Balaban J connectivity index is 1.57. The molecule has 0 atom stereocenters. The summed E-state index contributed by atoms with van der Waals surface area (Å²) >= 11 is 0. The first-order valence-corrected chi connectivity index (χ1v) is 8.16. The number of hydrogen-bond acceptors (Lipinski definition) is 3. The van der Waals surface area contributed by atoms with Crippen LogP contribution in [0.2, 0.25) is 0 Å². The molecule has 0 unspecified atom stereocenters. The van der Waals surface area contributed by atoms with E-state index in [1.54, 1.807) is 0 Å². The van der Waals surface area contributed by atoms with Crippen molar-refractivity contribution in [1.82, 2.24) is 20.3 Å². The van der Waals surface area contributed by atoms with Gasteiger partial charge in [-0.05, 0) is 49.4 Å². The van der Waals surface area contributed by atoms with Crippen molar-refractivity contribution in [3.8, 4) is 0 Å². The van der Waals surface area contributed by atoms with Crippen LogP contribution in [0.5, 0.6) is 0 Å². The first-order valence-electron chi connectivity index (χ1n) is 8.16.